The lowest BCUT2D eigenvalue weighted by molar-refractivity contribution is -0.135. The summed E-state index contributed by atoms with van der Waals surface area (Å²) < 4.78 is 0. The molecule has 0 saturated heterocycles. The second-order valence-electron chi connectivity index (χ2n) is 5.72. The van der Waals surface area contributed by atoms with Crippen LogP contribution >= 0.6 is 0 Å². The van der Waals surface area contributed by atoms with Gasteiger partial charge >= 0.3 is 11.9 Å². The summed E-state index contributed by atoms with van der Waals surface area (Å²) in [5.41, 5.74) is 1.26. The fourth-order valence-corrected chi connectivity index (χ4v) is 3.30. The summed E-state index contributed by atoms with van der Waals surface area (Å²) >= 11 is 0. The number of nitrogens with zero attached hydrogens (tertiary/aromatic N) is 2. The zero-order valence-electron chi connectivity index (χ0n) is 13.0. The highest BCUT2D eigenvalue weighted by molar-refractivity contribution is 5.98. The van der Waals surface area contributed by atoms with Crippen LogP contribution in [-0.4, -0.2) is 27.1 Å². The van der Waals surface area contributed by atoms with Crippen molar-refractivity contribution in [1.29, 1.82) is 0 Å². The van der Waals surface area contributed by atoms with E-state index in [2.05, 4.69) is 4.98 Å². The zero-order valence-corrected chi connectivity index (χ0v) is 13.0. The molecule has 1 aromatic carbocycles. The highest BCUT2D eigenvalue weighted by Crippen LogP contribution is 2.46. The van der Waals surface area contributed by atoms with E-state index >= 15 is 0 Å². The Kier molecular flexibility index (Phi) is 3.81. The van der Waals surface area contributed by atoms with Crippen molar-refractivity contribution in [2.75, 3.05) is 4.90 Å². The molecule has 0 bridgehead atoms. The normalized spacial score (nSPS) is 19.9. The predicted molar refractivity (Wildman–Crippen MR) is 87.6 cm³/mol. The van der Waals surface area contributed by atoms with Crippen LogP contribution in [0, 0.1) is 0 Å². The van der Waals surface area contributed by atoms with E-state index < -0.39 is 17.5 Å². The lowest BCUT2D eigenvalue weighted by Crippen LogP contribution is -2.43. The van der Waals surface area contributed by atoms with Crippen LogP contribution in [0.2, 0.25) is 0 Å². The number of aliphatic carboxylic acids is 2. The van der Waals surface area contributed by atoms with Crippen molar-refractivity contribution in [3.05, 3.63) is 71.6 Å². The Morgan fingerprint density at radius 2 is 1.83 bits per heavy atom. The van der Waals surface area contributed by atoms with Gasteiger partial charge in [0.1, 0.15) is 0 Å². The minimum Gasteiger partial charge on any atom is -0.478 e. The van der Waals surface area contributed by atoms with Gasteiger partial charge in [-0.2, -0.15) is 0 Å². The number of hydrogen-bond acceptors (Lipinski definition) is 4. The third-order valence-corrected chi connectivity index (χ3v) is 4.41. The van der Waals surface area contributed by atoms with Crippen molar-refractivity contribution in [1.82, 2.24) is 4.98 Å². The van der Waals surface area contributed by atoms with E-state index in [-0.39, 0.29) is 5.57 Å². The molecule has 2 N–H and O–H groups in total. The Bertz CT molecular complexity index is 832. The molecule has 1 aliphatic rings. The quantitative estimate of drug-likeness (QED) is 0.839. The molecule has 1 aliphatic heterocycles. The third kappa shape index (κ3) is 2.42. The van der Waals surface area contributed by atoms with Gasteiger partial charge in [0.05, 0.1) is 11.1 Å². The molecule has 0 aliphatic carbocycles. The highest BCUT2D eigenvalue weighted by Gasteiger charge is 2.47. The number of aromatic nitrogens is 1. The number of rotatable bonds is 4. The first-order valence-corrected chi connectivity index (χ1v) is 7.39. The summed E-state index contributed by atoms with van der Waals surface area (Å²) in [5, 5.41) is 18.8. The molecule has 1 unspecified atom stereocenters. The summed E-state index contributed by atoms with van der Waals surface area (Å²) in [4.78, 5) is 28.9. The van der Waals surface area contributed by atoms with Crippen LogP contribution in [0.4, 0.5) is 5.69 Å². The van der Waals surface area contributed by atoms with Crippen molar-refractivity contribution in [2.45, 2.75) is 19.0 Å². The SMILES string of the molecule is CC1(C(=CC(=O)O)C(=O)O)c2ccccc2CN1c1ccncc1. The first-order valence-electron chi connectivity index (χ1n) is 7.39. The van der Waals surface area contributed by atoms with Gasteiger partial charge in [-0.25, -0.2) is 9.59 Å². The Morgan fingerprint density at radius 1 is 1.17 bits per heavy atom. The van der Waals surface area contributed by atoms with Gasteiger partial charge in [0.2, 0.25) is 0 Å². The largest absolute Gasteiger partial charge is 0.478 e. The predicted octanol–water partition coefficient (Wildman–Crippen LogP) is 2.41. The highest BCUT2D eigenvalue weighted by atomic mass is 16.4. The van der Waals surface area contributed by atoms with Crippen LogP contribution in [0.25, 0.3) is 0 Å². The van der Waals surface area contributed by atoms with Gasteiger partial charge in [0.25, 0.3) is 0 Å². The molecule has 24 heavy (non-hydrogen) atoms. The van der Waals surface area contributed by atoms with Gasteiger partial charge < -0.3 is 15.1 Å². The van der Waals surface area contributed by atoms with Crippen molar-refractivity contribution in [3.63, 3.8) is 0 Å². The fraction of sp³-hybridized carbons (Fsp3) is 0.167. The average Bonchev–Trinajstić information content (AvgIpc) is 2.87. The minimum atomic E-state index is -1.28. The molecule has 3 rings (SSSR count). The van der Waals surface area contributed by atoms with Crippen molar-refractivity contribution >= 4 is 17.6 Å². The van der Waals surface area contributed by atoms with Crippen LogP contribution in [0.1, 0.15) is 18.1 Å². The van der Waals surface area contributed by atoms with E-state index in [1.165, 1.54) is 0 Å². The third-order valence-electron chi connectivity index (χ3n) is 4.41. The number of fused-ring (bicyclic) bond motifs is 1. The number of carboxylic acid groups (broad SMARTS) is 2. The van der Waals surface area contributed by atoms with Gasteiger partial charge in [-0.15, -0.1) is 0 Å². The molecule has 1 atom stereocenters. The molecule has 6 heteroatoms. The molecule has 0 amide bonds. The van der Waals surface area contributed by atoms with E-state index in [0.717, 1.165) is 22.9 Å². The average molecular weight is 324 g/mol. The molecule has 0 radical (unpaired) electrons. The van der Waals surface area contributed by atoms with E-state index in [1.807, 2.05) is 29.2 Å². The fourth-order valence-electron chi connectivity index (χ4n) is 3.30. The Hall–Kier alpha value is -3.15. The maximum Gasteiger partial charge on any atom is 0.334 e. The first kappa shape index (κ1) is 15.7. The summed E-state index contributed by atoms with van der Waals surface area (Å²) in [6.45, 7) is 2.23. The number of benzene rings is 1. The Morgan fingerprint density at radius 3 is 2.46 bits per heavy atom. The summed E-state index contributed by atoms with van der Waals surface area (Å²) in [7, 11) is 0. The van der Waals surface area contributed by atoms with Crippen LogP contribution < -0.4 is 4.90 Å². The lowest BCUT2D eigenvalue weighted by atomic mass is 9.83. The molecular formula is C18H16N2O4. The van der Waals surface area contributed by atoms with E-state index in [1.54, 1.807) is 31.5 Å². The maximum atomic E-state index is 11.8. The molecule has 0 fully saturated rings. The molecule has 2 heterocycles. The molecular weight excluding hydrogens is 308 g/mol. The summed E-state index contributed by atoms with van der Waals surface area (Å²) in [5.74, 6) is -2.54. The van der Waals surface area contributed by atoms with Crippen molar-refractivity contribution in [3.8, 4) is 0 Å². The second-order valence-corrected chi connectivity index (χ2v) is 5.72. The molecule has 0 saturated carbocycles. The van der Waals surface area contributed by atoms with Gasteiger partial charge in [0, 0.05) is 30.7 Å². The smallest absolute Gasteiger partial charge is 0.334 e. The van der Waals surface area contributed by atoms with Crippen molar-refractivity contribution in [2.24, 2.45) is 0 Å². The number of anilines is 1. The van der Waals surface area contributed by atoms with Crippen LogP contribution in [0.15, 0.2) is 60.4 Å². The van der Waals surface area contributed by atoms with Crippen LogP contribution in [0.5, 0.6) is 0 Å². The van der Waals surface area contributed by atoms with Gasteiger partial charge in [-0.05, 0) is 30.2 Å². The molecule has 2 aromatic rings. The molecule has 1 aromatic heterocycles. The van der Waals surface area contributed by atoms with E-state index in [4.69, 9.17) is 5.11 Å². The van der Waals surface area contributed by atoms with Crippen LogP contribution in [0.3, 0.4) is 0 Å². The van der Waals surface area contributed by atoms with Gasteiger partial charge in [-0.3, -0.25) is 4.98 Å². The number of pyridine rings is 1. The Labute approximate surface area is 138 Å². The second kappa shape index (κ2) is 5.81. The van der Waals surface area contributed by atoms with Crippen molar-refractivity contribution < 1.29 is 19.8 Å². The minimum absolute atomic E-state index is 0.184. The Balaban J connectivity index is 2.25. The monoisotopic (exact) mass is 324 g/mol. The van der Waals surface area contributed by atoms with E-state index in [0.29, 0.717) is 6.54 Å². The summed E-state index contributed by atoms with van der Waals surface area (Å²) in [6.07, 6.45) is 4.03. The maximum absolute atomic E-state index is 11.8. The first-order chi connectivity index (χ1) is 11.4. The van der Waals surface area contributed by atoms with Gasteiger partial charge in [0.15, 0.2) is 0 Å². The zero-order chi connectivity index (χ0) is 17.3. The topological polar surface area (TPSA) is 90.7 Å². The molecule has 0 spiro atoms. The lowest BCUT2D eigenvalue weighted by Gasteiger charge is -2.38. The summed E-state index contributed by atoms with van der Waals surface area (Å²) in [6, 6.07) is 11.0. The number of hydrogen-bond donors (Lipinski definition) is 2. The van der Waals surface area contributed by atoms with Gasteiger partial charge in [-0.1, -0.05) is 24.3 Å². The van der Waals surface area contributed by atoms with Crippen LogP contribution in [-0.2, 0) is 21.7 Å². The number of carboxylic acids is 2. The molecule has 122 valence electrons. The molecule has 6 nitrogen and oxygen atoms in total. The van der Waals surface area contributed by atoms with E-state index in [9.17, 15) is 14.7 Å². The standard InChI is InChI=1S/C18H16N2O4/c1-18(15(17(23)24)10-16(21)22)14-5-3-2-4-12(14)11-20(18)13-6-8-19-9-7-13/h2-10H,11H2,1H3,(H,21,22)(H,23,24). The number of carbonyl (C=O) groups is 2.